The van der Waals surface area contributed by atoms with Gasteiger partial charge in [0.2, 0.25) is 0 Å². The number of anilines is 2. The molecule has 0 aromatic carbocycles. The molecule has 2 rings (SSSR count). The van der Waals surface area contributed by atoms with Crippen LogP contribution < -0.4 is 10.1 Å². The molecule has 2 aromatic heterocycles. The molecule has 0 fully saturated rings. The third kappa shape index (κ3) is 3.43. The number of hydrogen-bond donors (Lipinski definition) is 2. The summed E-state index contributed by atoms with van der Waals surface area (Å²) in [5, 5.41) is 19.2. The summed E-state index contributed by atoms with van der Waals surface area (Å²) in [7, 11) is 1.57. The highest BCUT2D eigenvalue weighted by molar-refractivity contribution is 6.29. The Labute approximate surface area is 132 Å². The molecule has 0 aliphatic heterocycles. The lowest BCUT2D eigenvalue weighted by Gasteiger charge is -2.14. The van der Waals surface area contributed by atoms with Crippen LogP contribution in [-0.2, 0) is 0 Å². The summed E-state index contributed by atoms with van der Waals surface area (Å²) in [6.45, 7) is 3.98. The van der Waals surface area contributed by atoms with Crippen LogP contribution in [0.25, 0.3) is 0 Å². The molecule has 2 N–H and O–H groups in total. The predicted molar refractivity (Wildman–Crippen MR) is 82.2 cm³/mol. The molecule has 2 aromatic rings. The summed E-state index contributed by atoms with van der Waals surface area (Å²) in [4.78, 5) is 15.6. The van der Waals surface area contributed by atoms with Gasteiger partial charge < -0.3 is 15.2 Å². The zero-order valence-electron chi connectivity index (χ0n) is 12.3. The average molecular weight is 323 g/mol. The monoisotopic (exact) mass is 322 g/mol. The van der Waals surface area contributed by atoms with E-state index in [1.165, 1.54) is 6.07 Å². The number of ether oxygens (including phenoxy) is 1. The van der Waals surface area contributed by atoms with Crippen molar-refractivity contribution in [3.8, 4) is 5.75 Å². The molecule has 116 valence electrons. The molecule has 2 heterocycles. The Morgan fingerprint density at radius 3 is 2.68 bits per heavy atom. The maximum absolute atomic E-state index is 11.2. The van der Waals surface area contributed by atoms with Crippen LogP contribution in [0.2, 0.25) is 5.15 Å². The van der Waals surface area contributed by atoms with Gasteiger partial charge in [0.05, 0.1) is 18.5 Å². The van der Waals surface area contributed by atoms with Crippen LogP contribution >= 0.6 is 11.6 Å². The quantitative estimate of drug-likeness (QED) is 0.872. The van der Waals surface area contributed by atoms with Crippen LogP contribution in [0.15, 0.2) is 18.2 Å². The molecule has 7 nitrogen and oxygen atoms in total. The zero-order chi connectivity index (χ0) is 16.3. The predicted octanol–water partition coefficient (Wildman–Crippen LogP) is 3.10. The standard InChI is InChI=1S/C14H15ClN4O3/c1-7(2)12-9(22-3)4-5-11(17-12)16-8-6-10(15)18-19-13(8)14(20)21/h4-7H,1-3H3,(H,20,21)(H,16,17,18). The number of carboxylic acids is 1. The minimum Gasteiger partial charge on any atom is -0.495 e. The first-order chi connectivity index (χ1) is 10.4. The number of rotatable bonds is 5. The molecule has 0 atom stereocenters. The molecule has 0 aliphatic carbocycles. The second kappa shape index (κ2) is 6.57. The maximum atomic E-state index is 11.2. The fourth-order valence-corrected chi connectivity index (χ4v) is 2.02. The van der Waals surface area contributed by atoms with Gasteiger partial charge in [-0.1, -0.05) is 25.4 Å². The number of pyridine rings is 1. The minimum atomic E-state index is -1.20. The van der Waals surface area contributed by atoms with Crippen molar-refractivity contribution in [2.75, 3.05) is 12.4 Å². The van der Waals surface area contributed by atoms with Crippen molar-refractivity contribution < 1.29 is 14.6 Å². The average Bonchev–Trinajstić information content (AvgIpc) is 2.46. The number of nitrogens with zero attached hydrogens (tertiary/aromatic N) is 3. The molecular weight excluding hydrogens is 308 g/mol. The Balaban J connectivity index is 2.41. The van der Waals surface area contributed by atoms with E-state index in [0.29, 0.717) is 11.6 Å². The van der Waals surface area contributed by atoms with E-state index in [1.54, 1.807) is 19.2 Å². The van der Waals surface area contributed by atoms with Gasteiger partial charge >= 0.3 is 5.97 Å². The summed E-state index contributed by atoms with van der Waals surface area (Å²) in [6.07, 6.45) is 0. The van der Waals surface area contributed by atoms with Crippen molar-refractivity contribution in [2.45, 2.75) is 19.8 Å². The van der Waals surface area contributed by atoms with Gasteiger partial charge in [0.25, 0.3) is 0 Å². The Morgan fingerprint density at radius 1 is 1.36 bits per heavy atom. The summed E-state index contributed by atoms with van der Waals surface area (Å²) < 4.78 is 5.27. The van der Waals surface area contributed by atoms with E-state index in [4.69, 9.17) is 21.4 Å². The molecular formula is C14H15ClN4O3. The van der Waals surface area contributed by atoms with Gasteiger partial charge in [-0.2, -0.15) is 0 Å². The zero-order valence-corrected chi connectivity index (χ0v) is 13.0. The lowest BCUT2D eigenvalue weighted by Crippen LogP contribution is -2.08. The first kappa shape index (κ1) is 16.0. The van der Waals surface area contributed by atoms with Gasteiger partial charge in [-0.05, 0) is 18.1 Å². The fraction of sp³-hybridized carbons (Fsp3) is 0.286. The lowest BCUT2D eigenvalue weighted by molar-refractivity contribution is 0.0690. The van der Waals surface area contributed by atoms with Crippen LogP contribution in [0.4, 0.5) is 11.5 Å². The van der Waals surface area contributed by atoms with Crippen LogP contribution in [0.3, 0.4) is 0 Å². The van der Waals surface area contributed by atoms with Crippen LogP contribution in [0.1, 0.15) is 35.9 Å². The summed E-state index contributed by atoms with van der Waals surface area (Å²) in [6, 6.07) is 4.84. The topological polar surface area (TPSA) is 97.2 Å². The van der Waals surface area contributed by atoms with E-state index in [0.717, 1.165) is 5.69 Å². The number of carbonyl (C=O) groups is 1. The van der Waals surface area contributed by atoms with E-state index < -0.39 is 5.97 Å². The molecule has 8 heteroatoms. The molecule has 0 radical (unpaired) electrons. The number of nitrogens with one attached hydrogen (secondary N) is 1. The second-order valence-corrected chi connectivity index (χ2v) is 5.19. The second-order valence-electron chi connectivity index (χ2n) is 4.80. The highest BCUT2D eigenvalue weighted by Gasteiger charge is 2.16. The SMILES string of the molecule is COc1ccc(Nc2cc(Cl)nnc2C(=O)O)nc1C(C)C. The van der Waals surface area contributed by atoms with Gasteiger partial charge in [-0.15, -0.1) is 10.2 Å². The Bertz CT molecular complexity index is 706. The summed E-state index contributed by atoms with van der Waals surface area (Å²) in [5.74, 6) is 0.0834. The lowest BCUT2D eigenvalue weighted by atomic mass is 10.1. The molecule has 0 unspecified atom stereocenters. The first-order valence-corrected chi connectivity index (χ1v) is 6.88. The van der Waals surface area contributed by atoms with Crippen molar-refractivity contribution in [2.24, 2.45) is 0 Å². The Hall–Kier alpha value is -2.41. The van der Waals surface area contributed by atoms with Crippen LogP contribution in [0.5, 0.6) is 5.75 Å². The number of hydrogen-bond acceptors (Lipinski definition) is 6. The number of aromatic nitrogens is 3. The smallest absolute Gasteiger partial charge is 0.358 e. The van der Waals surface area contributed by atoms with Crippen molar-refractivity contribution in [3.63, 3.8) is 0 Å². The van der Waals surface area contributed by atoms with Gasteiger partial charge in [-0.3, -0.25) is 0 Å². The van der Waals surface area contributed by atoms with E-state index in [9.17, 15) is 4.79 Å². The van der Waals surface area contributed by atoms with Crippen molar-refractivity contribution in [1.82, 2.24) is 15.2 Å². The van der Waals surface area contributed by atoms with Crippen molar-refractivity contribution >= 4 is 29.1 Å². The normalized spacial score (nSPS) is 10.6. The highest BCUT2D eigenvalue weighted by atomic mass is 35.5. The van der Waals surface area contributed by atoms with Gasteiger partial charge in [0, 0.05) is 6.07 Å². The fourth-order valence-electron chi connectivity index (χ4n) is 1.88. The molecule has 0 spiro atoms. The van der Waals surface area contributed by atoms with Gasteiger partial charge in [0.1, 0.15) is 11.6 Å². The first-order valence-electron chi connectivity index (χ1n) is 6.50. The number of carboxylic acid groups (broad SMARTS) is 1. The Kier molecular flexibility index (Phi) is 4.77. The molecule has 0 aliphatic rings. The van der Waals surface area contributed by atoms with E-state index in [1.807, 2.05) is 13.8 Å². The van der Waals surface area contributed by atoms with Crippen molar-refractivity contribution in [1.29, 1.82) is 0 Å². The minimum absolute atomic E-state index is 0.0881. The third-order valence-corrected chi connectivity index (χ3v) is 3.07. The molecule has 22 heavy (non-hydrogen) atoms. The third-order valence-electron chi connectivity index (χ3n) is 2.88. The number of halogens is 1. The van der Waals surface area contributed by atoms with E-state index >= 15 is 0 Å². The Morgan fingerprint density at radius 2 is 2.09 bits per heavy atom. The maximum Gasteiger partial charge on any atom is 0.358 e. The van der Waals surface area contributed by atoms with Crippen molar-refractivity contribution in [3.05, 3.63) is 34.7 Å². The van der Waals surface area contributed by atoms with Crippen LogP contribution in [-0.4, -0.2) is 33.4 Å². The molecule has 0 saturated carbocycles. The summed E-state index contributed by atoms with van der Waals surface area (Å²) >= 11 is 5.77. The largest absolute Gasteiger partial charge is 0.495 e. The highest BCUT2D eigenvalue weighted by Crippen LogP contribution is 2.28. The molecule has 0 bridgehead atoms. The summed E-state index contributed by atoms with van der Waals surface area (Å²) in [5.41, 5.74) is 0.755. The number of methoxy groups -OCH3 is 1. The number of aromatic carboxylic acids is 1. The van der Waals surface area contributed by atoms with Crippen LogP contribution in [0, 0.1) is 0 Å². The van der Waals surface area contributed by atoms with E-state index in [-0.39, 0.29) is 22.5 Å². The molecule has 0 amide bonds. The van der Waals surface area contributed by atoms with E-state index in [2.05, 4.69) is 20.5 Å². The molecule has 0 saturated heterocycles. The van der Waals surface area contributed by atoms with Gasteiger partial charge in [-0.25, -0.2) is 9.78 Å². The van der Waals surface area contributed by atoms with Gasteiger partial charge in [0.15, 0.2) is 10.8 Å².